The number of halogens is 1. The van der Waals surface area contributed by atoms with Crippen LogP contribution in [0.3, 0.4) is 0 Å². The van der Waals surface area contributed by atoms with E-state index in [4.69, 9.17) is 9.47 Å². The van der Waals surface area contributed by atoms with Gasteiger partial charge in [-0.3, -0.25) is 4.99 Å². The lowest BCUT2D eigenvalue weighted by atomic mass is 10.1. The molecule has 0 aliphatic carbocycles. The van der Waals surface area contributed by atoms with E-state index in [0.29, 0.717) is 6.54 Å². The SMILES string of the molecule is CN=C(NCc1cccc(OC)c1OC)N(C)Cc1ccc(C)cc1.I. The highest BCUT2D eigenvalue weighted by atomic mass is 127. The fraction of sp³-hybridized carbons (Fsp3) is 0.350. The molecular formula is C20H28IN3O2. The Balaban J connectivity index is 0.00000338. The lowest BCUT2D eigenvalue weighted by Gasteiger charge is -2.23. The first-order valence-electron chi connectivity index (χ1n) is 8.26. The number of nitrogens with zero attached hydrogens (tertiary/aromatic N) is 2. The fourth-order valence-electron chi connectivity index (χ4n) is 2.69. The molecule has 5 nitrogen and oxygen atoms in total. The van der Waals surface area contributed by atoms with Crippen molar-refractivity contribution in [1.82, 2.24) is 10.2 Å². The van der Waals surface area contributed by atoms with Crippen molar-refractivity contribution in [2.75, 3.05) is 28.3 Å². The number of nitrogens with one attached hydrogen (secondary N) is 1. The van der Waals surface area contributed by atoms with E-state index in [1.54, 1.807) is 21.3 Å². The van der Waals surface area contributed by atoms with Crippen LogP contribution >= 0.6 is 24.0 Å². The van der Waals surface area contributed by atoms with Crippen LogP contribution in [0.15, 0.2) is 47.5 Å². The molecule has 0 radical (unpaired) electrons. The third kappa shape index (κ3) is 5.79. The first-order valence-corrected chi connectivity index (χ1v) is 8.26. The van der Waals surface area contributed by atoms with Crippen molar-refractivity contribution in [2.24, 2.45) is 4.99 Å². The van der Waals surface area contributed by atoms with Crippen LogP contribution in [0.4, 0.5) is 0 Å². The molecular weight excluding hydrogens is 441 g/mol. The monoisotopic (exact) mass is 469 g/mol. The number of aryl methyl sites for hydroxylation is 1. The average Bonchev–Trinajstić information content (AvgIpc) is 2.63. The van der Waals surface area contributed by atoms with Crippen molar-refractivity contribution < 1.29 is 9.47 Å². The Morgan fingerprint density at radius 1 is 1.08 bits per heavy atom. The molecule has 0 fully saturated rings. The molecule has 2 rings (SSSR count). The number of ether oxygens (including phenoxy) is 2. The Kier molecular flexibility index (Phi) is 9.26. The van der Waals surface area contributed by atoms with Gasteiger partial charge >= 0.3 is 0 Å². The van der Waals surface area contributed by atoms with Crippen LogP contribution in [0, 0.1) is 6.92 Å². The standard InChI is InChI=1S/C20H27N3O2.HI/c1-15-9-11-16(12-10-15)14-23(3)20(21-2)22-13-17-7-6-8-18(24-4)19(17)25-5;/h6-12H,13-14H2,1-5H3,(H,21,22);1H. The Hall–Kier alpha value is -1.96. The van der Waals surface area contributed by atoms with Crippen molar-refractivity contribution in [3.63, 3.8) is 0 Å². The maximum atomic E-state index is 5.48. The molecule has 1 N–H and O–H groups in total. The molecule has 0 aliphatic rings. The van der Waals surface area contributed by atoms with Gasteiger partial charge in [0.1, 0.15) is 0 Å². The topological polar surface area (TPSA) is 46.1 Å². The van der Waals surface area contributed by atoms with Gasteiger partial charge in [-0.25, -0.2) is 0 Å². The first kappa shape index (κ1) is 22.1. The van der Waals surface area contributed by atoms with Gasteiger partial charge in [-0.15, -0.1) is 24.0 Å². The highest BCUT2D eigenvalue weighted by Crippen LogP contribution is 2.30. The molecule has 0 spiro atoms. The van der Waals surface area contributed by atoms with Gasteiger partial charge in [0.2, 0.25) is 0 Å². The highest BCUT2D eigenvalue weighted by Gasteiger charge is 2.11. The number of aliphatic imine (C=N–C) groups is 1. The molecule has 0 unspecified atom stereocenters. The number of hydrogen-bond donors (Lipinski definition) is 1. The number of guanidine groups is 1. The molecule has 0 heterocycles. The second kappa shape index (κ2) is 10.9. The zero-order chi connectivity index (χ0) is 18.2. The smallest absolute Gasteiger partial charge is 0.193 e. The minimum Gasteiger partial charge on any atom is -0.493 e. The van der Waals surface area contributed by atoms with Crippen LogP contribution in [-0.4, -0.2) is 39.2 Å². The maximum absolute atomic E-state index is 5.48. The molecule has 0 saturated heterocycles. The average molecular weight is 469 g/mol. The number of hydrogen-bond acceptors (Lipinski definition) is 3. The van der Waals surface area contributed by atoms with Crippen molar-refractivity contribution in [2.45, 2.75) is 20.0 Å². The summed E-state index contributed by atoms with van der Waals surface area (Å²) in [5, 5.41) is 3.38. The van der Waals surface area contributed by atoms with E-state index in [2.05, 4.69) is 46.4 Å². The molecule has 2 aromatic carbocycles. The van der Waals surface area contributed by atoms with E-state index >= 15 is 0 Å². The highest BCUT2D eigenvalue weighted by molar-refractivity contribution is 14.0. The van der Waals surface area contributed by atoms with E-state index in [1.807, 2.05) is 25.2 Å². The zero-order valence-electron chi connectivity index (χ0n) is 16.1. The van der Waals surface area contributed by atoms with Gasteiger partial charge in [0.05, 0.1) is 14.2 Å². The Morgan fingerprint density at radius 3 is 2.35 bits per heavy atom. The van der Waals surface area contributed by atoms with E-state index in [-0.39, 0.29) is 24.0 Å². The number of methoxy groups -OCH3 is 2. The van der Waals surface area contributed by atoms with Crippen LogP contribution in [-0.2, 0) is 13.1 Å². The molecule has 0 amide bonds. The largest absolute Gasteiger partial charge is 0.493 e. The summed E-state index contributed by atoms with van der Waals surface area (Å²) < 4.78 is 10.8. The summed E-state index contributed by atoms with van der Waals surface area (Å²) >= 11 is 0. The Labute approximate surface area is 173 Å². The normalized spacial score (nSPS) is 10.7. The van der Waals surface area contributed by atoms with Gasteiger partial charge in [0.25, 0.3) is 0 Å². The fourth-order valence-corrected chi connectivity index (χ4v) is 2.69. The van der Waals surface area contributed by atoms with Crippen molar-refractivity contribution in [3.05, 3.63) is 59.2 Å². The van der Waals surface area contributed by atoms with Gasteiger partial charge < -0.3 is 19.7 Å². The number of benzene rings is 2. The van der Waals surface area contributed by atoms with Crippen LogP contribution in [0.1, 0.15) is 16.7 Å². The van der Waals surface area contributed by atoms with Crippen LogP contribution in [0.5, 0.6) is 11.5 Å². The lowest BCUT2D eigenvalue weighted by molar-refractivity contribution is 0.351. The molecule has 6 heteroatoms. The predicted octanol–water partition coefficient (Wildman–Crippen LogP) is 3.84. The summed E-state index contributed by atoms with van der Waals surface area (Å²) in [6, 6.07) is 14.4. The summed E-state index contributed by atoms with van der Waals surface area (Å²) in [4.78, 5) is 6.47. The summed E-state index contributed by atoms with van der Waals surface area (Å²) in [5.41, 5.74) is 3.53. The first-order chi connectivity index (χ1) is 12.1. The molecule has 0 bridgehead atoms. The van der Waals surface area contributed by atoms with E-state index in [0.717, 1.165) is 29.6 Å². The predicted molar refractivity (Wildman–Crippen MR) is 118 cm³/mol. The summed E-state index contributed by atoms with van der Waals surface area (Å²) in [5.74, 6) is 2.30. The van der Waals surface area contributed by atoms with Crippen molar-refractivity contribution >= 4 is 29.9 Å². The van der Waals surface area contributed by atoms with Crippen LogP contribution in [0.2, 0.25) is 0 Å². The molecule has 0 saturated carbocycles. The molecule has 0 aromatic heterocycles. The minimum absolute atomic E-state index is 0. The molecule has 0 aliphatic heterocycles. The van der Waals surface area contributed by atoms with Crippen molar-refractivity contribution in [3.8, 4) is 11.5 Å². The second-order valence-electron chi connectivity index (χ2n) is 5.90. The van der Waals surface area contributed by atoms with Crippen molar-refractivity contribution in [1.29, 1.82) is 0 Å². The molecule has 142 valence electrons. The lowest BCUT2D eigenvalue weighted by Crippen LogP contribution is -2.38. The number of para-hydroxylation sites is 1. The second-order valence-corrected chi connectivity index (χ2v) is 5.90. The van der Waals surface area contributed by atoms with Gasteiger partial charge in [0, 0.05) is 32.7 Å². The van der Waals surface area contributed by atoms with Gasteiger partial charge in [-0.05, 0) is 18.6 Å². The maximum Gasteiger partial charge on any atom is 0.193 e. The summed E-state index contributed by atoms with van der Waals surface area (Å²) in [6.45, 7) is 3.48. The summed E-state index contributed by atoms with van der Waals surface area (Å²) in [7, 11) is 7.11. The number of rotatable bonds is 6. The molecule has 2 aromatic rings. The van der Waals surface area contributed by atoms with E-state index < -0.39 is 0 Å². The van der Waals surface area contributed by atoms with E-state index in [9.17, 15) is 0 Å². The van der Waals surface area contributed by atoms with Gasteiger partial charge in [-0.2, -0.15) is 0 Å². The van der Waals surface area contributed by atoms with E-state index in [1.165, 1.54) is 11.1 Å². The van der Waals surface area contributed by atoms with Gasteiger partial charge in [0.15, 0.2) is 17.5 Å². The molecule has 0 atom stereocenters. The molecule has 26 heavy (non-hydrogen) atoms. The third-order valence-electron chi connectivity index (χ3n) is 4.04. The minimum atomic E-state index is 0. The quantitative estimate of drug-likeness (QED) is 0.397. The van der Waals surface area contributed by atoms with Crippen LogP contribution < -0.4 is 14.8 Å². The zero-order valence-corrected chi connectivity index (χ0v) is 18.4. The third-order valence-corrected chi connectivity index (χ3v) is 4.04. The Morgan fingerprint density at radius 2 is 1.77 bits per heavy atom. The van der Waals surface area contributed by atoms with Gasteiger partial charge in [-0.1, -0.05) is 42.0 Å². The van der Waals surface area contributed by atoms with Crippen LogP contribution in [0.25, 0.3) is 0 Å². The summed E-state index contributed by atoms with van der Waals surface area (Å²) in [6.07, 6.45) is 0. The Bertz CT molecular complexity index is 717.